The van der Waals surface area contributed by atoms with Crippen LogP contribution in [0.1, 0.15) is 13.8 Å². The Bertz CT molecular complexity index is 443. The van der Waals surface area contributed by atoms with Gasteiger partial charge in [0.2, 0.25) is 0 Å². The third kappa shape index (κ3) is 19.3. The van der Waals surface area contributed by atoms with E-state index < -0.39 is 0 Å². The van der Waals surface area contributed by atoms with Crippen molar-refractivity contribution in [2.24, 2.45) is 34.4 Å². The molecule has 0 atom stereocenters. The Morgan fingerprint density at radius 1 is 0.457 bits per heavy atom. The van der Waals surface area contributed by atoms with Crippen molar-refractivity contribution in [3.63, 3.8) is 0 Å². The average molecular weight is 505 g/mol. The third-order valence-corrected chi connectivity index (χ3v) is 6.10. The molecule has 12 nitrogen and oxygen atoms in total. The molecule has 0 aromatic rings. The first-order chi connectivity index (χ1) is 16.8. The first-order valence-electron chi connectivity index (χ1n) is 13.4. The molecular weight excluding hydrogens is 444 g/mol. The zero-order valence-electron chi connectivity index (χ0n) is 22.9. The lowest BCUT2D eigenvalue weighted by molar-refractivity contribution is 0.130. The molecule has 0 saturated heterocycles. The summed E-state index contributed by atoms with van der Waals surface area (Å²) in [4.78, 5) is 9.50. The average Bonchev–Trinajstić information content (AvgIpc) is 2.81. The van der Waals surface area contributed by atoms with Gasteiger partial charge in [-0.15, -0.1) is 0 Å². The molecule has 35 heavy (non-hydrogen) atoms. The van der Waals surface area contributed by atoms with Crippen molar-refractivity contribution in [1.29, 1.82) is 0 Å². The number of nitrogens with two attached hydrogens (primary N) is 6. The van der Waals surface area contributed by atoms with Crippen molar-refractivity contribution >= 4 is 0 Å². The second-order valence-corrected chi connectivity index (χ2v) is 9.61. The minimum absolute atomic E-state index is 0.363. The van der Waals surface area contributed by atoms with Crippen LogP contribution in [0.3, 0.4) is 0 Å². The molecule has 0 aliphatic rings. The fourth-order valence-electron chi connectivity index (χ4n) is 4.00. The number of nitrogens with one attached hydrogen (secondary N) is 2. The van der Waals surface area contributed by atoms with E-state index in [0.29, 0.717) is 32.7 Å². The lowest BCUT2D eigenvalue weighted by atomic mass is 10.2. The molecule has 12 heteroatoms. The van der Waals surface area contributed by atoms with Gasteiger partial charge in [0.15, 0.2) is 0 Å². The van der Waals surface area contributed by atoms with Crippen LogP contribution < -0.4 is 45.0 Å². The number of hydrogen-bond acceptors (Lipinski definition) is 12. The van der Waals surface area contributed by atoms with E-state index in [9.17, 15) is 0 Å². The van der Waals surface area contributed by atoms with Crippen LogP contribution in [0.15, 0.2) is 0 Å². The van der Waals surface area contributed by atoms with Gasteiger partial charge in [-0.05, 0) is 13.8 Å². The number of nitrogens with zero attached hydrogens (tertiary/aromatic N) is 4. The largest absolute Gasteiger partial charge is 0.329 e. The highest BCUT2D eigenvalue weighted by Gasteiger charge is 2.20. The highest BCUT2D eigenvalue weighted by atomic mass is 15.3. The monoisotopic (exact) mass is 505 g/mol. The van der Waals surface area contributed by atoms with Crippen molar-refractivity contribution in [2.75, 3.05) is 131 Å². The van der Waals surface area contributed by atoms with Crippen LogP contribution in [0.4, 0.5) is 0 Å². The summed E-state index contributed by atoms with van der Waals surface area (Å²) in [7, 11) is 0. The normalized spacial score (nSPS) is 12.7. The second kappa shape index (κ2) is 22.7. The summed E-state index contributed by atoms with van der Waals surface area (Å²) in [5.41, 5.74) is 34.7. The Hall–Kier alpha value is -0.480. The SMILES string of the molecule is CC(C)(N)N(CCN)CCNCCN(CCNCCN)CCN(CCN)CCN(CCN)CCN. The quantitative estimate of drug-likeness (QED) is 0.0419. The van der Waals surface area contributed by atoms with E-state index in [4.69, 9.17) is 34.4 Å². The summed E-state index contributed by atoms with van der Waals surface area (Å²) >= 11 is 0. The molecule has 0 radical (unpaired) electrons. The molecule has 0 aliphatic heterocycles. The Balaban J connectivity index is 4.63. The summed E-state index contributed by atoms with van der Waals surface area (Å²) in [5.74, 6) is 0. The number of hydrogen-bond donors (Lipinski definition) is 8. The van der Waals surface area contributed by atoms with Crippen molar-refractivity contribution in [3.05, 3.63) is 0 Å². The molecule has 0 aliphatic carbocycles. The molecule has 0 spiro atoms. The van der Waals surface area contributed by atoms with Gasteiger partial charge in [-0.2, -0.15) is 0 Å². The molecule has 0 bridgehead atoms. The maximum Gasteiger partial charge on any atom is 0.0630 e. The fourth-order valence-corrected chi connectivity index (χ4v) is 4.00. The van der Waals surface area contributed by atoms with E-state index in [2.05, 4.69) is 30.2 Å². The molecule has 0 amide bonds. The molecule has 0 unspecified atom stereocenters. The van der Waals surface area contributed by atoms with Gasteiger partial charge in [-0.3, -0.25) is 19.6 Å². The van der Waals surface area contributed by atoms with Gasteiger partial charge in [0, 0.05) is 131 Å². The van der Waals surface area contributed by atoms with E-state index in [-0.39, 0.29) is 5.66 Å². The molecule has 14 N–H and O–H groups in total. The van der Waals surface area contributed by atoms with Crippen LogP contribution in [0.25, 0.3) is 0 Å². The molecule has 212 valence electrons. The van der Waals surface area contributed by atoms with Gasteiger partial charge in [-0.25, -0.2) is 0 Å². The van der Waals surface area contributed by atoms with Crippen molar-refractivity contribution in [1.82, 2.24) is 30.2 Å². The number of rotatable bonds is 26. The summed E-state index contributed by atoms with van der Waals surface area (Å²) in [5, 5.41) is 6.99. The van der Waals surface area contributed by atoms with Gasteiger partial charge in [-0.1, -0.05) is 0 Å². The minimum atomic E-state index is -0.363. The summed E-state index contributed by atoms with van der Waals surface area (Å²) in [6.07, 6.45) is 0. The highest BCUT2D eigenvalue weighted by molar-refractivity contribution is 4.76. The fraction of sp³-hybridized carbons (Fsp3) is 1.00. The highest BCUT2D eigenvalue weighted by Crippen LogP contribution is 2.04. The topological polar surface area (TPSA) is 193 Å². The lowest BCUT2D eigenvalue weighted by Crippen LogP contribution is -2.54. The van der Waals surface area contributed by atoms with Crippen LogP contribution in [0.5, 0.6) is 0 Å². The first-order valence-corrected chi connectivity index (χ1v) is 13.4. The van der Waals surface area contributed by atoms with Crippen LogP contribution >= 0.6 is 0 Å². The van der Waals surface area contributed by atoms with Crippen LogP contribution in [0.2, 0.25) is 0 Å². The van der Waals surface area contributed by atoms with E-state index in [1.807, 2.05) is 13.8 Å². The maximum atomic E-state index is 6.27. The van der Waals surface area contributed by atoms with Crippen LogP contribution in [-0.4, -0.2) is 156 Å². The standard InChI is InChI=1S/C23H60N12/c1-23(2,29)35(15-7-28)18-11-31-10-17-34(16-9-30-8-3-24)22-21-33(14-6-27)20-19-32(12-4-25)13-5-26/h30-31H,3-22,24-29H2,1-2H3. The Morgan fingerprint density at radius 3 is 1.23 bits per heavy atom. The Kier molecular flexibility index (Phi) is 22.4. The smallest absolute Gasteiger partial charge is 0.0630 e. The summed E-state index contributed by atoms with van der Waals surface area (Å²) < 4.78 is 0. The van der Waals surface area contributed by atoms with Gasteiger partial charge in [0.25, 0.3) is 0 Å². The second-order valence-electron chi connectivity index (χ2n) is 9.61. The Labute approximate surface area is 215 Å². The van der Waals surface area contributed by atoms with Crippen LogP contribution in [0, 0.1) is 0 Å². The first kappa shape index (κ1) is 34.5. The van der Waals surface area contributed by atoms with E-state index in [1.54, 1.807) is 0 Å². The third-order valence-electron chi connectivity index (χ3n) is 6.10. The molecule has 0 fully saturated rings. The van der Waals surface area contributed by atoms with Crippen LogP contribution in [-0.2, 0) is 0 Å². The maximum absolute atomic E-state index is 6.27. The molecule has 0 rings (SSSR count). The summed E-state index contributed by atoms with van der Waals surface area (Å²) in [6.45, 7) is 21.1. The molecule has 0 aromatic carbocycles. The zero-order chi connectivity index (χ0) is 26.4. The van der Waals surface area contributed by atoms with Gasteiger partial charge >= 0.3 is 0 Å². The minimum Gasteiger partial charge on any atom is -0.329 e. The summed E-state index contributed by atoms with van der Waals surface area (Å²) in [6, 6.07) is 0. The molecular formula is C23H60N12. The van der Waals surface area contributed by atoms with Gasteiger partial charge in [0.05, 0.1) is 5.66 Å². The molecule has 0 heterocycles. The van der Waals surface area contributed by atoms with Crippen molar-refractivity contribution in [2.45, 2.75) is 19.5 Å². The lowest BCUT2D eigenvalue weighted by Gasteiger charge is -2.35. The molecule has 0 aromatic heterocycles. The zero-order valence-corrected chi connectivity index (χ0v) is 22.9. The Morgan fingerprint density at radius 2 is 0.829 bits per heavy atom. The van der Waals surface area contributed by atoms with Gasteiger partial charge in [0.1, 0.15) is 0 Å². The van der Waals surface area contributed by atoms with E-state index in [0.717, 1.165) is 98.2 Å². The predicted molar refractivity (Wildman–Crippen MR) is 150 cm³/mol. The predicted octanol–water partition coefficient (Wildman–Crippen LogP) is -4.14. The van der Waals surface area contributed by atoms with E-state index >= 15 is 0 Å². The molecule has 0 saturated carbocycles. The van der Waals surface area contributed by atoms with Crippen molar-refractivity contribution < 1.29 is 0 Å². The van der Waals surface area contributed by atoms with E-state index in [1.165, 1.54) is 0 Å². The van der Waals surface area contributed by atoms with Gasteiger partial charge < -0.3 is 45.0 Å². The van der Waals surface area contributed by atoms with Crippen molar-refractivity contribution in [3.8, 4) is 0 Å².